The Morgan fingerprint density at radius 1 is 1.32 bits per heavy atom. The van der Waals surface area contributed by atoms with Crippen molar-refractivity contribution < 1.29 is 18.0 Å². The molecule has 2 aromatic rings. The third-order valence-corrected chi connectivity index (χ3v) is 2.78. The topological polar surface area (TPSA) is 65.1 Å². The van der Waals surface area contributed by atoms with E-state index in [1.54, 1.807) is 0 Å². The molecule has 1 aromatic heterocycles. The summed E-state index contributed by atoms with van der Waals surface area (Å²) < 4.78 is 39.1. The number of primary amides is 1. The molecule has 0 saturated heterocycles. The molecule has 2 N–H and O–H groups in total. The molecule has 0 aliphatic carbocycles. The van der Waals surface area contributed by atoms with Gasteiger partial charge in [0.05, 0.1) is 11.1 Å². The number of alkyl halides is 3. The van der Waals surface area contributed by atoms with Gasteiger partial charge >= 0.3 is 6.18 Å². The third-order valence-electron chi connectivity index (χ3n) is 2.78. The van der Waals surface area contributed by atoms with E-state index in [1.165, 1.54) is 11.6 Å². The second kappa shape index (κ2) is 4.11. The number of hydrogen-bond donors (Lipinski definition) is 1. The minimum Gasteiger partial charge on any atom is -0.365 e. The number of benzene rings is 1. The summed E-state index contributed by atoms with van der Waals surface area (Å²) in [5, 5.41) is 0.0202. The van der Waals surface area contributed by atoms with Crippen molar-refractivity contribution in [2.45, 2.75) is 6.18 Å². The average Bonchev–Trinajstić information content (AvgIpc) is 2.31. The van der Waals surface area contributed by atoms with Crippen LogP contribution in [0.5, 0.6) is 0 Å². The van der Waals surface area contributed by atoms with E-state index in [0.717, 1.165) is 24.4 Å². The Hall–Kier alpha value is -2.31. The maximum atomic E-state index is 12.6. The molecule has 19 heavy (non-hydrogen) atoms. The highest BCUT2D eigenvalue weighted by molar-refractivity contribution is 5.96. The van der Waals surface area contributed by atoms with Crippen molar-refractivity contribution in [2.75, 3.05) is 0 Å². The molecule has 0 saturated carbocycles. The fourth-order valence-corrected chi connectivity index (χ4v) is 1.83. The van der Waals surface area contributed by atoms with Crippen LogP contribution in [0.25, 0.3) is 10.9 Å². The van der Waals surface area contributed by atoms with Crippen LogP contribution < -0.4 is 11.2 Å². The van der Waals surface area contributed by atoms with Gasteiger partial charge in [-0.1, -0.05) is 0 Å². The lowest BCUT2D eigenvalue weighted by Crippen LogP contribution is -2.23. The standard InChI is InChI=1S/C12H9F3N2O2/c1-17-5-8(11(16)19)10(18)7-3-2-6(4-9(7)17)12(13,14)15/h2-5H,1H3,(H2,16,19). The highest BCUT2D eigenvalue weighted by Crippen LogP contribution is 2.30. The van der Waals surface area contributed by atoms with E-state index >= 15 is 0 Å². The number of aryl methyl sites for hydroxylation is 1. The van der Waals surface area contributed by atoms with E-state index in [9.17, 15) is 22.8 Å². The van der Waals surface area contributed by atoms with Crippen molar-refractivity contribution in [3.05, 3.63) is 45.7 Å². The number of pyridine rings is 1. The summed E-state index contributed by atoms with van der Waals surface area (Å²) in [7, 11) is 1.44. The van der Waals surface area contributed by atoms with Crippen molar-refractivity contribution in [1.82, 2.24) is 4.57 Å². The van der Waals surface area contributed by atoms with Crippen molar-refractivity contribution in [2.24, 2.45) is 12.8 Å². The Bertz CT molecular complexity index is 732. The summed E-state index contributed by atoms with van der Waals surface area (Å²) in [5.74, 6) is -0.914. The van der Waals surface area contributed by atoms with E-state index in [1.807, 2.05) is 0 Å². The van der Waals surface area contributed by atoms with Gasteiger partial charge in [0.2, 0.25) is 5.43 Å². The fourth-order valence-electron chi connectivity index (χ4n) is 1.83. The molecule has 0 aliphatic heterocycles. The summed E-state index contributed by atoms with van der Waals surface area (Å²) in [6.45, 7) is 0. The lowest BCUT2D eigenvalue weighted by molar-refractivity contribution is -0.137. The second-order valence-electron chi connectivity index (χ2n) is 4.08. The first kappa shape index (κ1) is 13.1. The van der Waals surface area contributed by atoms with Crippen LogP contribution in [0.3, 0.4) is 0 Å². The van der Waals surface area contributed by atoms with Crippen molar-refractivity contribution in [3.63, 3.8) is 0 Å². The monoisotopic (exact) mass is 270 g/mol. The van der Waals surface area contributed by atoms with E-state index in [2.05, 4.69) is 0 Å². The van der Waals surface area contributed by atoms with Crippen LogP contribution in [-0.4, -0.2) is 10.5 Å². The summed E-state index contributed by atoms with van der Waals surface area (Å²) >= 11 is 0. The largest absolute Gasteiger partial charge is 0.416 e. The predicted molar refractivity (Wildman–Crippen MR) is 62.7 cm³/mol. The number of nitrogens with zero attached hydrogens (tertiary/aromatic N) is 1. The minimum atomic E-state index is -4.49. The molecule has 0 spiro atoms. The number of rotatable bonds is 1. The maximum absolute atomic E-state index is 12.6. The Morgan fingerprint density at radius 2 is 1.95 bits per heavy atom. The Labute approximate surface area is 105 Å². The molecule has 1 heterocycles. The SMILES string of the molecule is Cn1cc(C(N)=O)c(=O)c2ccc(C(F)(F)F)cc21. The quantitative estimate of drug-likeness (QED) is 0.856. The average molecular weight is 270 g/mol. The molecular weight excluding hydrogens is 261 g/mol. The van der Waals surface area contributed by atoms with Crippen LogP contribution in [0, 0.1) is 0 Å². The first-order chi connectivity index (χ1) is 8.71. The Morgan fingerprint density at radius 3 is 2.47 bits per heavy atom. The van der Waals surface area contributed by atoms with Crippen molar-refractivity contribution >= 4 is 16.8 Å². The molecule has 7 heteroatoms. The molecule has 0 atom stereocenters. The molecule has 0 unspecified atom stereocenters. The van der Waals surface area contributed by atoms with Gasteiger partial charge in [0.1, 0.15) is 5.56 Å². The number of nitrogens with two attached hydrogens (primary N) is 1. The van der Waals surface area contributed by atoms with Gasteiger partial charge < -0.3 is 10.3 Å². The summed E-state index contributed by atoms with van der Waals surface area (Å²) in [6, 6.07) is 2.71. The van der Waals surface area contributed by atoms with Crippen LogP contribution >= 0.6 is 0 Å². The number of hydrogen-bond acceptors (Lipinski definition) is 2. The first-order valence-corrected chi connectivity index (χ1v) is 5.22. The van der Waals surface area contributed by atoms with Gasteiger partial charge in [-0.3, -0.25) is 9.59 Å². The number of amides is 1. The van der Waals surface area contributed by atoms with E-state index in [4.69, 9.17) is 5.73 Å². The van der Waals surface area contributed by atoms with Crippen molar-refractivity contribution in [1.29, 1.82) is 0 Å². The third kappa shape index (κ3) is 2.18. The molecule has 0 radical (unpaired) electrons. The number of halogens is 3. The van der Waals surface area contributed by atoms with Gasteiger partial charge in [-0.25, -0.2) is 0 Å². The van der Waals surface area contributed by atoms with Gasteiger partial charge in [0.25, 0.3) is 5.91 Å². The number of fused-ring (bicyclic) bond motifs is 1. The predicted octanol–water partition coefficient (Wildman–Crippen LogP) is 1.66. The maximum Gasteiger partial charge on any atom is 0.416 e. The van der Waals surface area contributed by atoms with E-state index < -0.39 is 23.1 Å². The van der Waals surface area contributed by atoms with E-state index in [0.29, 0.717) is 0 Å². The van der Waals surface area contributed by atoms with Crippen LogP contribution in [0.1, 0.15) is 15.9 Å². The summed E-state index contributed by atoms with van der Waals surface area (Å²) in [4.78, 5) is 23.0. The van der Waals surface area contributed by atoms with E-state index in [-0.39, 0.29) is 16.5 Å². The molecule has 0 aliphatic rings. The molecule has 100 valence electrons. The van der Waals surface area contributed by atoms with Crippen LogP contribution in [0.4, 0.5) is 13.2 Å². The zero-order valence-electron chi connectivity index (χ0n) is 9.78. The normalized spacial score (nSPS) is 11.8. The molecule has 4 nitrogen and oxygen atoms in total. The molecular formula is C12H9F3N2O2. The van der Waals surface area contributed by atoms with Gasteiger partial charge in [0, 0.05) is 18.6 Å². The lowest BCUT2D eigenvalue weighted by Gasteiger charge is -2.11. The summed E-state index contributed by atoms with van der Waals surface area (Å²) in [6.07, 6.45) is -3.36. The molecule has 0 fully saturated rings. The molecule has 2 rings (SSSR count). The van der Waals surface area contributed by atoms with Gasteiger partial charge in [0.15, 0.2) is 0 Å². The van der Waals surface area contributed by atoms with Gasteiger partial charge in [-0.05, 0) is 18.2 Å². The van der Waals surface area contributed by atoms with Crippen molar-refractivity contribution in [3.8, 4) is 0 Å². The lowest BCUT2D eigenvalue weighted by atomic mass is 10.1. The molecule has 1 aromatic carbocycles. The van der Waals surface area contributed by atoms with Crippen LogP contribution in [0.2, 0.25) is 0 Å². The minimum absolute atomic E-state index is 0.0202. The van der Waals surface area contributed by atoms with Gasteiger partial charge in [-0.15, -0.1) is 0 Å². The number of carbonyl (C=O) groups is 1. The first-order valence-electron chi connectivity index (χ1n) is 5.22. The fraction of sp³-hybridized carbons (Fsp3) is 0.167. The Kier molecular flexibility index (Phi) is 2.84. The highest BCUT2D eigenvalue weighted by Gasteiger charge is 2.31. The zero-order chi connectivity index (χ0) is 14.4. The number of aromatic nitrogens is 1. The number of carbonyl (C=O) groups excluding carboxylic acids is 1. The van der Waals surface area contributed by atoms with Crippen LogP contribution in [0.15, 0.2) is 29.2 Å². The molecule has 1 amide bonds. The smallest absolute Gasteiger partial charge is 0.365 e. The molecule has 0 bridgehead atoms. The van der Waals surface area contributed by atoms with Crippen LogP contribution in [-0.2, 0) is 13.2 Å². The highest BCUT2D eigenvalue weighted by atomic mass is 19.4. The Balaban J connectivity index is 2.84. The zero-order valence-corrected chi connectivity index (χ0v) is 9.78. The van der Waals surface area contributed by atoms with Gasteiger partial charge in [-0.2, -0.15) is 13.2 Å². The second-order valence-corrected chi connectivity index (χ2v) is 4.08. The summed E-state index contributed by atoms with van der Waals surface area (Å²) in [5.41, 5.74) is 3.34.